The lowest BCUT2D eigenvalue weighted by Crippen LogP contribution is -2.31. The van der Waals surface area contributed by atoms with Gasteiger partial charge in [-0.25, -0.2) is 0 Å². The van der Waals surface area contributed by atoms with Crippen LogP contribution < -0.4 is 5.32 Å². The predicted molar refractivity (Wildman–Crippen MR) is 72.4 cm³/mol. The minimum Gasteiger partial charge on any atom is -0.465 e. The first-order chi connectivity index (χ1) is 8.76. The van der Waals surface area contributed by atoms with Crippen molar-refractivity contribution in [1.82, 2.24) is 10.2 Å². The van der Waals surface area contributed by atoms with Crippen LogP contribution in [0.5, 0.6) is 0 Å². The maximum atomic E-state index is 5.82. The van der Waals surface area contributed by atoms with E-state index in [1.807, 2.05) is 0 Å². The molecule has 1 saturated heterocycles. The number of aryl methyl sites for hydroxylation is 1. The van der Waals surface area contributed by atoms with Crippen molar-refractivity contribution in [3.8, 4) is 0 Å². The summed E-state index contributed by atoms with van der Waals surface area (Å²) in [4.78, 5) is 2.66. The second-order valence-corrected chi connectivity index (χ2v) is 5.84. The molecule has 1 aliphatic carbocycles. The van der Waals surface area contributed by atoms with E-state index in [1.54, 1.807) is 0 Å². The SMILES string of the molecule is CCNCc1cc(CN2CC3CCC2C3)c(C)o1. The van der Waals surface area contributed by atoms with Crippen LogP contribution in [0.1, 0.15) is 43.3 Å². The van der Waals surface area contributed by atoms with E-state index in [4.69, 9.17) is 4.42 Å². The fourth-order valence-corrected chi connectivity index (χ4v) is 3.52. The highest BCUT2D eigenvalue weighted by Crippen LogP contribution is 2.38. The molecule has 0 amide bonds. The number of piperidine rings is 1. The van der Waals surface area contributed by atoms with Crippen molar-refractivity contribution in [2.75, 3.05) is 13.1 Å². The van der Waals surface area contributed by atoms with Crippen LogP contribution in [0.25, 0.3) is 0 Å². The molecule has 3 nitrogen and oxygen atoms in total. The first-order valence-electron chi connectivity index (χ1n) is 7.29. The molecule has 3 rings (SSSR count). The van der Waals surface area contributed by atoms with Gasteiger partial charge in [0, 0.05) is 24.7 Å². The van der Waals surface area contributed by atoms with E-state index < -0.39 is 0 Å². The Morgan fingerprint density at radius 1 is 1.44 bits per heavy atom. The average Bonchev–Trinajstić information content (AvgIpc) is 3.04. The smallest absolute Gasteiger partial charge is 0.118 e. The molecule has 1 aromatic heterocycles. The molecule has 2 fully saturated rings. The number of nitrogens with zero attached hydrogens (tertiary/aromatic N) is 1. The summed E-state index contributed by atoms with van der Waals surface area (Å²) in [7, 11) is 0. The van der Waals surface area contributed by atoms with E-state index >= 15 is 0 Å². The number of likely N-dealkylation sites (tertiary alicyclic amines) is 1. The Morgan fingerprint density at radius 2 is 2.33 bits per heavy atom. The van der Waals surface area contributed by atoms with Crippen LogP contribution in [0.3, 0.4) is 0 Å². The summed E-state index contributed by atoms with van der Waals surface area (Å²) in [6, 6.07) is 3.09. The van der Waals surface area contributed by atoms with Crippen LogP contribution in [0.4, 0.5) is 0 Å². The normalized spacial score (nSPS) is 27.2. The maximum absolute atomic E-state index is 5.82. The molecule has 2 aliphatic rings. The van der Waals surface area contributed by atoms with Crippen molar-refractivity contribution in [1.29, 1.82) is 0 Å². The predicted octanol–water partition coefficient (Wildman–Crippen LogP) is 2.68. The van der Waals surface area contributed by atoms with Gasteiger partial charge in [-0.3, -0.25) is 4.90 Å². The van der Waals surface area contributed by atoms with E-state index in [9.17, 15) is 0 Å². The van der Waals surface area contributed by atoms with Gasteiger partial charge in [-0.2, -0.15) is 0 Å². The molecule has 3 heteroatoms. The number of nitrogens with one attached hydrogen (secondary N) is 1. The first-order valence-corrected chi connectivity index (χ1v) is 7.29. The minimum absolute atomic E-state index is 0.849. The van der Waals surface area contributed by atoms with Crippen LogP contribution >= 0.6 is 0 Å². The highest BCUT2D eigenvalue weighted by Gasteiger charge is 2.37. The Bertz CT molecular complexity index is 413. The lowest BCUT2D eigenvalue weighted by Gasteiger charge is -2.26. The van der Waals surface area contributed by atoms with Crippen LogP contribution in [0.2, 0.25) is 0 Å². The van der Waals surface area contributed by atoms with Crippen LogP contribution in [0, 0.1) is 12.8 Å². The second-order valence-electron chi connectivity index (χ2n) is 5.84. The maximum Gasteiger partial charge on any atom is 0.118 e. The second kappa shape index (κ2) is 5.06. The third-order valence-electron chi connectivity index (χ3n) is 4.52. The molecule has 18 heavy (non-hydrogen) atoms. The van der Waals surface area contributed by atoms with Crippen molar-refractivity contribution >= 4 is 0 Å². The molecule has 0 aromatic carbocycles. The summed E-state index contributed by atoms with van der Waals surface area (Å²) in [6.45, 7) is 8.45. The molecule has 0 radical (unpaired) electrons. The molecule has 2 unspecified atom stereocenters. The van der Waals surface area contributed by atoms with Gasteiger partial charge in [0.15, 0.2) is 0 Å². The van der Waals surface area contributed by atoms with Gasteiger partial charge in [-0.05, 0) is 44.7 Å². The zero-order chi connectivity index (χ0) is 12.5. The van der Waals surface area contributed by atoms with Crippen LogP contribution in [0.15, 0.2) is 10.5 Å². The van der Waals surface area contributed by atoms with Crippen LogP contribution in [-0.4, -0.2) is 24.0 Å². The molecule has 1 N–H and O–H groups in total. The molecular weight excluding hydrogens is 224 g/mol. The van der Waals surface area contributed by atoms with Crippen molar-refractivity contribution in [2.24, 2.45) is 5.92 Å². The van der Waals surface area contributed by atoms with E-state index in [0.717, 1.165) is 43.1 Å². The number of furan rings is 1. The quantitative estimate of drug-likeness (QED) is 0.868. The van der Waals surface area contributed by atoms with Crippen molar-refractivity contribution in [3.05, 3.63) is 23.2 Å². The van der Waals surface area contributed by atoms with Crippen molar-refractivity contribution in [2.45, 2.75) is 52.2 Å². The Kier molecular flexibility index (Phi) is 3.44. The Hall–Kier alpha value is -0.800. The first kappa shape index (κ1) is 12.2. The Morgan fingerprint density at radius 3 is 3.00 bits per heavy atom. The summed E-state index contributed by atoms with van der Waals surface area (Å²) >= 11 is 0. The van der Waals surface area contributed by atoms with Crippen molar-refractivity contribution < 1.29 is 4.42 Å². The molecular formula is C15H24N2O. The van der Waals surface area contributed by atoms with E-state index in [-0.39, 0.29) is 0 Å². The highest BCUT2D eigenvalue weighted by molar-refractivity contribution is 5.21. The van der Waals surface area contributed by atoms with Crippen molar-refractivity contribution in [3.63, 3.8) is 0 Å². The van der Waals surface area contributed by atoms with Gasteiger partial charge >= 0.3 is 0 Å². The van der Waals surface area contributed by atoms with Gasteiger partial charge < -0.3 is 9.73 Å². The average molecular weight is 248 g/mol. The molecule has 100 valence electrons. The molecule has 1 aliphatic heterocycles. The summed E-state index contributed by atoms with van der Waals surface area (Å²) in [6.07, 6.45) is 4.30. The lowest BCUT2D eigenvalue weighted by molar-refractivity contribution is 0.204. The summed E-state index contributed by atoms with van der Waals surface area (Å²) in [5.74, 6) is 3.16. The molecule has 1 saturated carbocycles. The van der Waals surface area contributed by atoms with E-state index in [2.05, 4.69) is 30.1 Å². The summed E-state index contributed by atoms with van der Waals surface area (Å²) in [5.41, 5.74) is 1.38. The van der Waals surface area contributed by atoms with Gasteiger partial charge in [0.2, 0.25) is 0 Å². The lowest BCUT2D eigenvalue weighted by atomic mass is 10.1. The van der Waals surface area contributed by atoms with Gasteiger partial charge in [0.25, 0.3) is 0 Å². The van der Waals surface area contributed by atoms with E-state index in [0.29, 0.717) is 0 Å². The molecule has 2 atom stereocenters. The summed E-state index contributed by atoms with van der Waals surface area (Å²) in [5, 5.41) is 3.32. The highest BCUT2D eigenvalue weighted by atomic mass is 16.3. The largest absolute Gasteiger partial charge is 0.465 e. The number of hydrogen-bond acceptors (Lipinski definition) is 3. The van der Waals surface area contributed by atoms with Gasteiger partial charge in [-0.1, -0.05) is 6.92 Å². The third-order valence-corrected chi connectivity index (χ3v) is 4.52. The zero-order valence-electron chi connectivity index (χ0n) is 11.5. The Balaban J connectivity index is 1.63. The number of hydrogen-bond donors (Lipinski definition) is 1. The summed E-state index contributed by atoms with van der Waals surface area (Å²) < 4.78 is 5.82. The van der Waals surface area contributed by atoms with Gasteiger partial charge in [-0.15, -0.1) is 0 Å². The fraction of sp³-hybridized carbons (Fsp3) is 0.733. The minimum atomic E-state index is 0.849. The molecule has 2 heterocycles. The van der Waals surface area contributed by atoms with Gasteiger partial charge in [0.05, 0.1) is 6.54 Å². The third kappa shape index (κ3) is 2.34. The van der Waals surface area contributed by atoms with Gasteiger partial charge in [0.1, 0.15) is 11.5 Å². The van der Waals surface area contributed by atoms with E-state index in [1.165, 1.54) is 31.4 Å². The van der Waals surface area contributed by atoms with Crippen LogP contribution in [-0.2, 0) is 13.1 Å². The zero-order valence-corrected chi connectivity index (χ0v) is 11.5. The topological polar surface area (TPSA) is 28.4 Å². The Labute approximate surface area is 110 Å². The molecule has 2 bridgehead atoms. The number of fused-ring (bicyclic) bond motifs is 2. The monoisotopic (exact) mass is 248 g/mol. The standard InChI is InChI=1S/C15H24N2O/c1-3-16-8-15-7-13(11(2)18-15)10-17-9-12-4-5-14(17)6-12/h7,12,14,16H,3-6,8-10H2,1-2H3. The molecule has 1 aromatic rings. The molecule has 0 spiro atoms. The number of rotatable bonds is 5. The fourth-order valence-electron chi connectivity index (χ4n) is 3.52.